The van der Waals surface area contributed by atoms with Crippen molar-refractivity contribution in [2.24, 2.45) is 0 Å². The van der Waals surface area contributed by atoms with Gasteiger partial charge in [0, 0.05) is 17.1 Å². The van der Waals surface area contributed by atoms with Crippen LogP contribution in [0.1, 0.15) is 50.2 Å². The van der Waals surface area contributed by atoms with Crippen LogP contribution in [0.2, 0.25) is 0 Å². The van der Waals surface area contributed by atoms with Gasteiger partial charge in [-0.15, -0.1) is 0 Å². The van der Waals surface area contributed by atoms with Crippen LogP contribution in [0.3, 0.4) is 0 Å². The summed E-state index contributed by atoms with van der Waals surface area (Å²) in [6.45, 7) is 2.85. The number of para-hydroxylation sites is 1. The molecule has 0 aromatic heterocycles. The number of carbonyl (C=O) groups excluding carboxylic acids is 2. The summed E-state index contributed by atoms with van der Waals surface area (Å²) in [6, 6.07) is 18.1. The third-order valence-corrected chi connectivity index (χ3v) is 9.70. The Bertz CT molecular complexity index is 1460. The molecule has 3 aromatic carbocycles. The molecule has 1 fully saturated rings. The van der Waals surface area contributed by atoms with Gasteiger partial charge in [0.25, 0.3) is 10.0 Å². The third kappa shape index (κ3) is 7.74. The van der Waals surface area contributed by atoms with Gasteiger partial charge in [0.1, 0.15) is 18.4 Å². The Morgan fingerprint density at radius 1 is 0.976 bits per heavy atom. The number of aryl methyl sites for hydroxylation is 1. The summed E-state index contributed by atoms with van der Waals surface area (Å²) in [5.74, 6) is -1.71. The minimum Gasteiger partial charge on any atom is -0.352 e. The average Bonchev–Trinajstić information content (AvgIpc) is 2.96. The van der Waals surface area contributed by atoms with Crippen LogP contribution in [0.5, 0.6) is 0 Å². The molecule has 0 saturated heterocycles. The number of rotatable bonds is 10. The van der Waals surface area contributed by atoms with Crippen LogP contribution in [-0.4, -0.2) is 43.8 Å². The van der Waals surface area contributed by atoms with Gasteiger partial charge in [-0.2, -0.15) is 0 Å². The fourth-order valence-corrected chi connectivity index (χ4v) is 6.63. The number of amides is 2. The topological polar surface area (TPSA) is 86.8 Å². The van der Waals surface area contributed by atoms with Crippen molar-refractivity contribution in [3.8, 4) is 0 Å². The summed E-state index contributed by atoms with van der Waals surface area (Å²) >= 11 is 3.41. The summed E-state index contributed by atoms with van der Waals surface area (Å²) in [4.78, 5) is 28.6. The highest BCUT2D eigenvalue weighted by atomic mass is 79.9. The van der Waals surface area contributed by atoms with Crippen LogP contribution in [0.4, 0.5) is 10.1 Å². The minimum absolute atomic E-state index is 0.0418. The molecule has 0 radical (unpaired) electrons. The molecule has 3 aromatic rings. The lowest BCUT2D eigenvalue weighted by molar-refractivity contribution is -0.139. The van der Waals surface area contributed by atoms with E-state index in [2.05, 4.69) is 21.2 Å². The number of hydrogen-bond donors (Lipinski definition) is 1. The zero-order valence-electron chi connectivity index (χ0n) is 23.2. The highest BCUT2D eigenvalue weighted by Crippen LogP contribution is 2.27. The van der Waals surface area contributed by atoms with Gasteiger partial charge in [-0.25, -0.2) is 12.8 Å². The lowest BCUT2D eigenvalue weighted by Gasteiger charge is -2.33. The van der Waals surface area contributed by atoms with E-state index in [1.165, 1.54) is 35.2 Å². The number of sulfonamides is 1. The summed E-state index contributed by atoms with van der Waals surface area (Å²) in [6.07, 6.45) is 4.98. The van der Waals surface area contributed by atoms with Crippen molar-refractivity contribution in [3.63, 3.8) is 0 Å². The second-order valence-corrected chi connectivity index (χ2v) is 13.2. The Kier molecular flexibility index (Phi) is 10.2. The van der Waals surface area contributed by atoms with Crippen molar-refractivity contribution in [2.75, 3.05) is 10.8 Å². The lowest BCUT2D eigenvalue weighted by Crippen LogP contribution is -2.53. The van der Waals surface area contributed by atoms with Gasteiger partial charge in [0.2, 0.25) is 11.8 Å². The molecule has 218 valence electrons. The van der Waals surface area contributed by atoms with Gasteiger partial charge < -0.3 is 10.2 Å². The van der Waals surface area contributed by atoms with E-state index in [1.54, 1.807) is 19.1 Å². The highest BCUT2D eigenvalue weighted by Gasteiger charge is 2.34. The number of hydrogen-bond acceptors (Lipinski definition) is 4. The molecule has 1 N–H and O–H groups in total. The molecule has 1 aliphatic carbocycles. The molecule has 4 rings (SSSR count). The largest absolute Gasteiger partial charge is 0.352 e. The van der Waals surface area contributed by atoms with E-state index < -0.39 is 34.3 Å². The van der Waals surface area contributed by atoms with Gasteiger partial charge in [0.15, 0.2) is 0 Å². The number of halogens is 2. The van der Waals surface area contributed by atoms with Gasteiger partial charge in [-0.3, -0.25) is 13.9 Å². The predicted octanol–water partition coefficient (Wildman–Crippen LogP) is 5.96. The molecule has 0 unspecified atom stereocenters. The molecule has 41 heavy (non-hydrogen) atoms. The Hall–Kier alpha value is -3.24. The van der Waals surface area contributed by atoms with Crippen molar-refractivity contribution in [2.45, 2.75) is 69.5 Å². The fraction of sp³-hybridized carbons (Fsp3) is 0.355. The van der Waals surface area contributed by atoms with E-state index in [1.807, 2.05) is 31.2 Å². The number of benzene rings is 3. The van der Waals surface area contributed by atoms with Crippen LogP contribution >= 0.6 is 15.9 Å². The Morgan fingerprint density at radius 3 is 2.24 bits per heavy atom. The maximum atomic E-state index is 15.0. The predicted molar refractivity (Wildman–Crippen MR) is 161 cm³/mol. The molecule has 0 aliphatic heterocycles. The normalized spacial score (nSPS) is 14.7. The molecule has 0 bridgehead atoms. The SMILES string of the molecule is Cc1ccc(S(=O)(=O)N(CC(=O)N(Cc2ccc(Br)cc2)[C@@H](C)C(=O)NC2CCCCC2)c2ccccc2F)cc1. The highest BCUT2D eigenvalue weighted by molar-refractivity contribution is 9.10. The number of nitrogens with one attached hydrogen (secondary N) is 1. The molecule has 7 nitrogen and oxygen atoms in total. The van der Waals surface area contributed by atoms with Gasteiger partial charge in [-0.1, -0.05) is 77.2 Å². The first-order valence-corrected chi connectivity index (χ1v) is 16.0. The molecule has 0 spiro atoms. The van der Waals surface area contributed by atoms with Gasteiger partial charge in [0.05, 0.1) is 10.6 Å². The Balaban J connectivity index is 1.68. The van der Waals surface area contributed by atoms with Gasteiger partial charge in [-0.05, 0) is 68.7 Å². The van der Waals surface area contributed by atoms with Crippen molar-refractivity contribution in [1.29, 1.82) is 0 Å². The molecular formula is C31H35BrFN3O4S. The fourth-order valence-electron chi connectivity index (χ4n) is 4.94. The first-order valence-electron chi connectivity index (χ1n) is 13.7. The smallest absolute Gasteiger partial charge is 0.264 e. The maximum Gasteiger partial charge on any atom is 0.264 e. The summed E-state index contributed by atoms with van der Waals surface area (Å²) in [7, 11) is -4.33. The van der Waals surface area contributed by atoms with Crippen molar-refractivity contribution < 1.29 is 22.4 Å². The average molecular weight is 645 g/mol. The van der Waals surface area contributed by atoms with Gasteiger partial charge >= 0.3 is 0 Å². The monoisotopic (exact) mass is 643 g/mol. The molecule has 1 aliphatic rings. The molecule has 2 amide bonds. The van der Waals surface area contributed by atoms with E-state index in [-0.39, 0.29) is 29.1 Å². The summed E-state index contributed by atoms with van der Waals surface area (Å²) in [5.41, 5.74) is 1.37. The first-order chi connectivity index (χ1) is 19.6. The first kappa shape index (κ1) is 30.7. The summed E-state index contributed by atoms with van der Waals surface area (Å²) in [5, 5.41) is 3.07. The van der Waals surface area contributed by atoms with E-state index in [0.717, 1.165) is 58.1 Å². The lowest BCUT2D eigenvalue weighted by atomic mass is 9.95. The molecule has 1 atom stereocenters. The second-order valence-electron chi connectivity index (χ2n) is 10.4. The number of anilines is 1. The molecule has 0 heterocycles. The minimum atomic E-state index is -4.33. The second kappa shape index (κ2) is 13.6. The third-order valence-electron chi connectivity index (χ3n) is 7.39. The van der Waals surface area contributed by atoms with Crippen molar-refractivity contribution in [3.05, 3.63) is 94.2 Å². The van der Waals surface area contributed by atoms with Crippen LogP contribution in [-0.2, 0) is 26.2 Å². The number of carbonyl (C=O) groups is 2. The standard InChI is InChI=1S/C31H35BrFN3O4S/c1-22-12-18-27(19-13-22)41(39,40)36(29-11-7-6-10-28(29)33)21-30(37)35(20-24-14-16-25(32)17-15-24)23(2)31(38)34-26-8-4-3-5-9-26/h6-7,10-19,23,26H,3-5,8-9,20-21H2,1-2H3,(H,34,38)/t23-/m0/s1. The van der Waals surface area contributed by atoms with E-state index in [9.17, 15) is 18.0 Å². The van der Waals surface area contributed by atoms with Crippen LogP contribution in [0, 0.1) is 12.7 Å². The van der Waals surface area contributed by atoms with Crippen molar-refractivity contribution in [1.82, 2.24) is 10.2 Å². The van der Waals surface area contributed by atoms with Crippen molar-refractivity contribution >= 4 is 43.5 Å². The van der Waals surface area contributed by atoms with Crippen LogP contribution in [0.15, 0.2) is 82.2 Å². The zero-order valence-corrected chi connectivity index (χ0v) is 25.6. The van der Waals surface area contributed by atoms with Crippen LogP contribution < -0.4 is 9.62 Å². The van der Waals surface area contributed by atoms with E-state index in [4.69, 9.17) is 0 Å². The molecule has 1 saturated carbocycles. The Morgan fingerprint density at radius 2 is 1.61 bits per heavy atom. The van der Waals surface area contributed by atoms with Crippen LogP contribution in [0.25, 0.3) is 0 Å². The number of nitrogens with zero attached hydrogens (tertiary/aromatic N) is 2. The Labute approximate surface area is 249 Å². The molecular weight excluding hydrogens is 609 g/mol. The zero-order chi connectivity index (χ0) is 29.6. The summed E-state index contributed by atoms with van der Waals surface area (Å²) < 4.78 is 44.3. The molecule has 10 heteroatoms. The maximum absolute atomic E-state index is 15.0. The van der Waals surface area contributed by atoms with E-state index >= 15 is 4.39 Å². The quantitative estimate of drug-likeness (QED) is 0.295. The van der Waals surface area contributed by atoms with E-state index in [0.29, 0.717) is 0 Å².